The monoisotopic (exact) mass is 222 g/mol. The van der Waals surface area contributed by atoms with Crippen LogP contribution in [-0.2, 0) is 6.42 Å². The summed E-state index contributed by atoms with van der Waals surface area (Å²) in [5.41, 5.74) is 0.139. The second-order valence-electron chi connectivity index (χ2n) is 5.51. The van der Waals surface area contributed by atoms with E-state index in [-0.39, 0.29) is 5.41 Å². The maximum atomic E-state index is 10.5. The van der Waals surface area contributed by atoms with Gasteiger partial charge in [-0.25, -0.2) is 0 Å². The Labute approximate surface area is 98.3 Å². The van der Waals surface area contributed by atoms with E-state index in [2.05, 4.69) is 0 Å². The predicted molar refractivity (Wildman–Crippen MR) is 66.8 cm³/mol. The fraction of sp³-hybridized carbons (Fsp3) is 0.571. The minimum Gasteiger partial charge on any atom is -0.496 e. The molecule has 0 saturated heterocycles. The van der Waals surface area contributed by atoms with Crippen LogP contribution >= 0.6 is 0 Å². The second-order valence-corrected chi connectivity index (χ2v) is 5.51. The Morgan fingerprint density at radius 2 is 1.69 bits per heavy atom. The summed E-state index contributed by atoms with van der Waals surface area (Å²) in [5.74, 6) is 0.840. The van der Waals surface area contributed by atoms with E-state index < -0.39 is 5.60 Å². The first-order chi connectivity index (χ1) is 7.28. The van der Waals surface area contributed by atoms with E-state index in [0.717, 1.165) is 11.3 Å². The molecule has 0 saturated carbocycles. The van der Waals surface area contributed by atoms with Crippen molar-refractivity contribution in [1.82, 2.24) is 0 Å². The van der Waals surface area contributed by atoms with Crippen LogP contribution in [0.15, 0.2) is 24.3 Å². The number of ether oxygens (including phenoxy) is 1. The molecule has 1 atom stereocenters. The van der Waals surface area contributed by atoms with Crippen LogP contribution in [0.25, 0.3) is 0 Å². The third-order valence-electron chi connectivity index (χ3n) is 3.34. The highest BCUT2D eigenvalue weighted by Gasteiger charge is 2.35. The van der Waals surface area contributed by atoms with Crippen LogP contribution in [0.4, 0.5) is 0 Å². The molecule has 0 spiro atoms. The van der Waals surface area contributed by atoms with Gasteiger partial charge in [-0.1, -0.05) is 39.0 Å². The highest BCUT2D eigenvalue weighted by molar-refractivity contribution is 5.34. The molecule has 1 aromatic rings. The average molecular weight is 222 g/mol. The zero-order valence-corrected chi connectivity index (χ0v) is 10.9. The number of rotatable bonds is 3. The van der Waals surface area contributed by atoms with Gasteiger partial charge in [0.05, 0.1) is 12.7 Å². The van der Waals surface area contributed by atoms with Crippen molar-refractivity contribution in [3.63, 3.8) is 0 Å². The van der Waals surface area contributed by atoms with Gasteiger partial charge in [-0.05, 0) is 24.0 Å². The maximum Gasteiger partial charge on any atom is 0.122 e. The lowest BCUT2D eigenvalue weighted by atomic mass is 9.74. The lowest BCUT2D eigenvalue weighted by molar-refractivity contribution is -0.0408. The minimum atomic E-state index is -0.748. The number of benzene rings is 1. The van der Waals surface area contributed by atoms with Crippen molar-refractivity contribution < 1.29 is 9.84 Å². The molecule has 1 rings (SSSR count). The highest BCUT2D eigenvalue weighted by atomic mass is 16.5. The molecule has 1 N–H and O–H groups in total. The molecule has 2 heteroatoms. The van der Waals surface area contributed by atoms with Gasteiger partial charge in [-0.3, -0.25) is 0 Å². The summed E-state index contributed by atoms with van der Waals surface area (Å²) in [4.78, 5) is 0. The zero-order chi connectivity index (χ0) is 12.4. The van der Waals surface area contributed by atoms with E-state index in [1.807, 2.05) is 52.0 Å². The van der Waals surface area contributed by atoms with Gasteiger partial charge in [-0.2, -0.15) is 0 Å². The van der Waals surface area contributed by atoms with Crippen molar-refractivity contribution in [2.75, 3.05) is 7.11 Å². The number of methoxy groups -OCH3 is 1. The number of aliphatic hydroxyl groups is 1. The minimum absolute atomic E-state index is 0.159. The molecule has 2 nitrogen and oxygen atoms in total. The zero-order valence-electron chi connectivity index (χ0n) is 10.9. The van der Waals surface area contributed by atoms with E-state index in [1.165, 1.54) is 0 Å². The summed E-state index contributed by atoms with van der Waals surface area (Å²) in [5, 5.41) is 10.5. The highest BCUT2D eigenvalue weighted by Crippen LogP contribution is 2.34. The molecule has 0 aliphatic heterocycles. The number of para-hydroxylation sites is 1. The summed E-state index contributed by atoms with van der Waals surface area (Å²) in [6.07, 6.45) is 0.598. The Bertz CT molecular complexity index is 348. The van der Waals surface area contributed by atoms with Gasteiger partial charge in [0.2, 0.25) is 0 Å². The molecular weight excluding hydrogens is 200 g/mol. The molecule has 0 bridgehead atoms. The van der Waals surface area contributed by atoms with Crippen molar-refractivity contribution in [3.8, 4) is 5.75 Å². The molecule has 0 aliphatic carbocycles. The molecule has 0 aliphatic rings. The van der Waals surface area contributed by atoms with Gasteiger partial charge in [0.25, 0.3) is 0 Å². The van der Waals surface area contributed by atoms with E-state index in [9.17, 15) is 5.11 Å². The van der Waals surface area contributed by atoms with Crippen molar-refractivity contribution in [1.29, 1.82) is 0 Å². The lowest BCUT2D eigenvalue weighted by Crippen LogP contribution is -2.41. The van der Waals surface area contributed by atoms with Crippen molar-refractivity contribution in [2.45, 2.75) is 39.7 Å². The summed E-state index contributed by atoms with van der Waals surface area (Å²) in [6, 6.07) is 7.83. The van der Waals surface area contributed by atoms with Crippen LogP contribution in [0.3, 0.4) is 0 Å². The fourth-order valence-corrected chi connectivity index (χ4v) is 1.49. The fourth-order valence-electron chi connectivity index (χ4n) is 1.49. The Morgan fingerprint density at radius 1 is 1.12 bits per heavy atom. The molecule has 0 aromatic heterocycles. The van der Waals surface area contributed by atoms with E-state index in [0.29, 0.717) is 6.42 Å². The van der Waals surface area contributed by atoms with Gasteiger partial charge in [0.15, 0.2) is 0 Å². The Kier molecular flexibility index (Phi) is 3.64. The average Bonchev–Trinajstić information content (AvgIpc) is 2.16. The van der Waals surface area contributed by atoms with Crippen LogP contribution in [-0.4, -0.2) is 17.8 Å². The van der Waals surface area contributed by atoms with E-state index in [1.54, 1.807) is 7.11 Å². The van der Waals surface area contributed by atoms with Crippen LogP contribution in [0.1, 0.15) is 33.3 Å². The van der Waals surface area contributed by atoms with Crippen LogP contribution in [0.2, 0.25) is 0 Å². The maximum absolute atomic E-state index is 10.5. The first-order valence-electron chi connectivity index (χ1n) is 5.62. The summed E-state index contributed by atoms with van der Waals surface area (Å²) >= 11 is 0. The van der Waals surface area contributed by atoms with E-state index >= 15 is 0 Å². The number of hydrogen-bond donors (Lipinski definition) is 1. The third-order valence-corrected chi connectivity index (χ3v) is 3.34. The van der Waals surface area contributed by atoms with Gasteiger partial charge in [0.1, 0.15) is 5.75 Å². The van der Waals surface area contributed by atoms with Crippen LogP contribution < -0.4 is 4.74 Å². The van der Waals surface area contributed by atoms with Crippen LogP contribution in [0.5, 0.6) is 5.75 Å². The topological polar surface area (TPSA) is 29.5 Å². The van der Waals surface area contributed by atoms with Gasteiger partial charge in [0, 0.05) is 6.42 Å². The predicted octanol–water partition coefficient (Wildman–Crippen LogP) is 3.03. The molecule has 16 heavy (non-hydrogen) atoms. The lowest BCUT2D eigenvalue weighted by Gasteiger charge is -2.37. The SMILES string of the molecule is COc1ccccc1CC(C)(O)C(C)(C)C. The molecule has 0 heterocycles. The Hall–Kier alpha value is -1.02. The first-order valence-corrected chi connectivity index (χ1v) is 5.62. The van der Waals surface area contributed by atoms with Crippen molar-refractivity contribution in [2.24, 2.45) is 5.41 Å². The Balaban J connectivity index is 2.96. The number of hydrogen-bond acceptors (Lipinski definition) is 2. The normalized spacial score (nSPS) is 15.6. The molecule has 0 radical (unpaired) electrons. The summed E-state index contributed by atoms with van der Waals surface area (Å²) < 4.78 is 5.29. The third kappa shape index (κ3) is 2.76. The molecule has 0 fully saturated rings. The quantitative estimate of drug-likeness (QED) is 0.851. The standard InChI is InChI=1S/C14H22O2/c1-13(2,3)14(4,15)10-11-8-6-7-9-12(11)16-5/h6-9,15H,10H2,1-5H3. The van der Waals surface area contributed by atoms with Gasteiger partial charge < -0.3 is 9.84 Å². The molecule has 1 aromatic carbocycles. The van der Waals surface area contributed by atoms with E-state index in [4.69, 9.17) is 4.74 Å². The Morgan fingerprint density at radius 3 is 2.19 bits per heavy atom. The smallest absolute Gasteiger partial charge is 0.122 e. The summed E-state index contributed by atoms with van der Waals surface area (Å²) in [7, 11) is 1.66. The molecular formula is C14H22O2. The summed E-state index contributed by atoms with van der Waals surface area (Å²) in [6.45, 7) is 8.01. The van der Waals surface area contributed by atoms with Crippen molar-refractivity contribution in [3.05, 3.63) is 29.8 Å². The van der Waals surface area contributed by atoms with Crippen LogP contribution in [0, 0.1) is 5.41 Å². The molecule has 0 amide bonds. The van der Waals surface area contributed by atoms with Crippen molar-refractivity contribution >= 4 is 0 Å². The first kappa shape index (κ1) is 13.0. The van der Waals surface area contributed by atoms with Gasteiger partial charge >= 0.3 is 0 Å². The molecule has 1 unspecified atom stereocenters. The van der Waals surface area contributed by atoms with Gasteiger partial charge in [-0.15, -0.1) is 0 Å². The molecule has 90 valence electrons. The largest absolute Gasteiger partial charge is 0.496 e. The second kappa shape index (κ2) is 4.46.